The van der Waals surface area contributed by atoms with Gasteiger partial charge in [0, 0.05) is 0 Å². The molecule has 0 aliphatic heterocycles. The van der Waals surface area contributed by atoms with Crippen LogP contribution < -0.4 is 0 Å². The molecule has 0 amide bonds. The van der Waals surface area contributed by atoms with E-state index in [1.165, 1.54) is 10.8 Å². The van der Waals surface area contributed by atoms with Crippen molar-refractivity contribution in [2.75, 3.05) is 6.26 Å². The average molecular weight is 228 g/mol. The minimum Gasteiger partial charge on any atom is -0.130 e. The van der Waals surface area contributed by atoms with Crippen LogP contribution in [0.1, 0.15) is 0 Å². The molecular weight excluding hydrogens is 224 g/mol. The van der Waals surface area contributed by atoms with E-state index in [-0.39, 0.29) is 0 Å². The molecule has 0 saturated carbocycles. The van der Waals surface area contributed by atoms with Crippen molar-refractivity contribution in [1.29, 1.82) is 0 Å². The first-order chi connectivity index (χ1) is 4.86. The van der Waals surface area contributed by atoms with Gasteiger partial charge in [-0.05, 0) is 27.8 Å². The van der Waals surface area contributed by atoms with Crippen LogP contribution in [0.3, 0.4) is 0 Å². The van der Waals surface area contributed by atoms with Crippen molar-refractivity contribution >= 4 is 55.4 Å². The lowest BCUT2D eigenvalue weighted by molar-refractivity contribution is 0.959. The number of hydrogen-bond acceptors (Lipinski definition) is 7. The first kappa shape index (κ1) is 9.05. The molecule has 0 aliphatic rings. The van der Waals surface area contributed by atoms with Crippen molar-refractivity contribution < 1.29 is 0 Å². The van der Waals surface area contributed by atoms with Gasteiger partial charge in [-0.1, -0.05) is 22.1 Å². The Morgan fingerprint density at radius 3 is 2.60 bits per heavy atom. The molecule has 1 aromatic heterocycles. The van der Waals surface area contributed by atoms with Crippen LogP contribution in [0.5, 0.6) is 0 Å². The summed E-state index contributed by atoms with van der Waals surface area (Å²) < 4.78 is 1.89. The van der Waals surface area contributed by atoms with Gasteiger partial charge in [0.05, 0.1) is 0 Å². The summed E-state index contributed by atoms with van der Waals surface area (Å²) in [5.41, 5.74) is 0. The topological polar surface area (TPSA) is 25.8 Å². The summed E-state index contributed by atoms with van der Waals surface area (Å²) >= 11 is 5.56. The highest BCUT2D eigenvalue weighted by Crippen LogP contribution is 2.34. The van der Waals surface area contributed by atoms with Crippen molar-refractivity contribution in [3.63, 3.8) is 0 Å². The van der Waals surface area contributed by atoms with Crippen molar-refractivity contribution in [3.05, 3.63) is 0 Å². The second-order valence-electron chi connectivity index (χ2n) is 1.18. The summed E-state index contributed by atoms with van der Waals surface area (Å²) in [5, 5.41) is 7.79. The van der Waals surface area contributed by atoms with Crippen molar-refractivity contribution in [2.24, 2.45) is 0 Å². The summed E-state index contributed by atoms with van der Waals surface area (Å²) in [6.07, 6.45) is 2.01. The molecule has 1 rings (SSSR count). The Morgan fingerprint density at radius 2 is 2.10 bits per heavy atom. The van der Waals surface area contributed by atoms with E-state index in [4.69, 9.17) is 0 Å². The largest absolute Gasteiger partial charge is 0.185 e. The number of hydrogen-bond donors (Lipinski definition) is 1. The lowest BCUT2D eigenvalue weighted by Gasteiger charge is -1.82. The predicted octanol–water partition coefficient (Wildman–Crippen LogP) is 2.85. The third kappa shape index (κ3) is 2.54. The highest BCUT2D eigenvalue weighted by Gasteiger charge is 2.01. The Morgan fingerprint density at radius 1 is 1.40 bits per heavy atom. The zero-order chi connectivity index (χ0) is 7.40. The molecule has 0 aromatic carbocycles. The summed E-state index contributed by atoms with van der Waals surface area (Å²) in [6, 6.07) is 0. The molecule has 0 fully saturated rings. The SMILES string of the molecule is CSSc1nnc(SS)s1. The maximum Gasteiger partial charge on any atom is 0.185 e. The zero-order valence-corrected chi connectivity index (χ0v) is 9.14. The second kappa shape index (κ2) is 4.76. The Balaban J connectivity index is 2.59. The lowest BCUT2D eigenvalue weighted by atomic mass is 11.6. The van der Waals surface area contributed by atoms with E-state index in [9.17, 15) is 0 Å². The van der Waals surface area contributed by atoms with Crippen LogP contribution in [0.15, 0.2) is 8.68 Å². The van der Waals surface area contributed by atoms with Crippen molar-refractivity contribution in [2.45, 2.75) is 8.68 Å². The lowest BCUT2D eigenvalue weighted by Crippen LogP contribution is -1.66. The molecule has 2 nitrogen and oxygen atoms in total. The first-order valence-electron chi connectivity index (χ1n) is 2.22. The fourth-order valence-corrected chi connectivity index (χ4v) is 3.75. The predicted molar refractivity (Wildman–Crippen MR) is 54.1 cm³/mol. The van der Waals surface area contributed by atoms with Crippen LogP contribution in [-0.2, 0) is 0 Å². The maximum absolute atomic E-state index is 4.00. The monoisotopic (exact) mass is 228 g/mol. The third-order valence-electron chi connectivity index (χ3n) is 0.621. The number of nitrogens with zero attached hydrogens (tertiary/aromatic N) is 2. The minimum absolute atomic E-state index is 0.903. The zero-order valence-electron chi connectivity index (χ0n) is 4.97. The van der Waals surface area contributed by atoms with Crippen molar-refractivity contribution in [1.82, 2.24) is 10.2 Å². The highest BCUT2D eigenvalue weighted by molar-refractivity contribution is 8.76. The van der Waals surface area contributed by atoms with Gasteiger partial charge in [-0.15, -0.1) is 21.9 Å². The quantitative estimate of drug-likeness (QED) is 0.634. The second-order valence-corrected chi connectivity index (χ2v) is 6.17. The molecule has 0 radical (unpaired) electrons. The fraction of sp³-hybridized carbons (Fsp3) is 0.333. The molecule has 1 aromatic rings. The van der Waals surface area contributed by atoms with Gasteiger partial charge >= 0.3 is 0 Å². The maximum atomic E-state index is 4.00. The van der Waals surface area contributed by atoms with Crippen LogP contribution in [-0.4, -0.2) is 16.5 Å². The van der Waals surface area contributed by atoms with E-state index in [0.717, 1.165) is 8.68 Å². The standard InChI is InChI=1S/C3H4N2S5/c1-7-10-3-5-4-2(8-3)9-6/h6H,1H3. The number of aromatic nitrogens is 2. The smallest absolute Gasteiger partial charge is 0.130 e. The molecule has 1 heterocycles. The molecule has 0 spiro atoms. The molecule has 0 saturated heterocycles. The van der Waals surface area contributed by atoms with Crippen molar-refractivity contribution in [3.8, 4) is 0 Å². The Labute approximate surface area is 80.2 Å². The van der Waals surface area contributed by atoms with E-state index >= 15 is 0 Å². The van der Waals surface area contributed by atoms with Crippen LogP contribution in [0, 0.1) is 0 Å². The minimum atomic E-state index is 0.903. The number of rotatable bonds is 3. The Bertz CT molecular complexity index is 199. The first-order valence-corrected chi connectivity index (χ1v) is 7.46. The van der Waals surface area contributed by atoms with Crippen LogP contribution in [0.4, 0.5) is 0 Å². The molecule has 0 N–H and O–H groups in total. The van der Waals surface area contributed by atoms with Crippen LogP contribution in [0.25, 0.3) is 0 Å². The molecule has 56 valence electrons. The van der Waals surface area contributed by atoms with E-state index in [1.54, 1.807) is 32.9 Å². The summed E-state index contributed by atoms with van der Waals surface area (Å²) in [7, 11) is 4.63. The van der Waals surface area contributed by atoms with Gasteiger partial charge < -0.3 is 0 Å². The molecule has 7 heteroatoms. The van der Waals surface area contributed by atoms with Gasteiger partial charge in [0.15, 0.2) is 8.68 Å². The normalized spacial score (nSPS) is 10.2. The highest BCUT2D eigenvalue weighted by atomic mass is 33.1. The molecule has 0 atom stereocenters. The van der Waals surface area contributed by atoms with Gasteiger partial charge in [0.25, 0.3) is 0 Å². The van der Waals surface area contributed by atoms with Gasteiger partial charge in [-0.2, -0.15) is 0 Å². The third-order valence-corrected chi connectivity index (χ3v) is 4.94. The molecule has 0 aliphatic carbocycles. The van der Waals surface area contributed by atoms with Gasteiger partial charge in [-0.3, -0.25) is 0 Å². The summed E-state index contributed by atoms with van der Waals surface area (Å²) in [6.45, 7) is 0. The van der Waals surface area contributed by atoms with Crippen LogP contribution in [0.2, 0.25) is 0 Å². The van der Waals surface area contributed by atoms with E-state index in [1.807, 2.05) is 6.26 Å². The molecule has 0 unspecified atom stereocenters. The summed E-state index contributed by atoms with van der Waals surface area (Å²) in [4.78, 5) is 0. The van der Waals surface area contributed by atoms with E-state index in [0.29, 0.717) is 0 Å². The van der Waals surface area contributed by atoms with E-state index in [2.05, 4.69) is 21.9 Å². The van der Waals surface area contributed by atoms with Gasteiger partial charge in [0.1, 0.15) is 0 Å². The van der Waals surface area contributed by atoms with Gasteiger partial charge in [0.2, 0.25) is 0 Å². The van der Waals surface area contributed by atoms with Crippen LogP contribution >= 0.6 is 55.4 Å². The van der Waals surface area contributed by atoms with Gasteiger partial charge in [-0.25, -0.2) is 0 Å². The molecule has 10 heavy (non-hydrogen) atoms. The molecule has 0 bridgehead atoms. The summed E-state index contributed by atoms with van der Waals surface area (Å²) in [5.74, 6) is 0. The fourth-order valence-electron chi connectivity index (χ4n) is 0.339. The Hall–Kier alpha value is 0.960. The Kier molecular flexibility index (Phi) is 4.31. The number of thiol groups is 1. The molecular formula is C3H4N2S5. The average Bonchev–Trinajstić information content (AvgIpc) is 2.37. The van der Waals surface area contributed by atoms with E-state index < -0.39 is 0 Å².